The fraction of sp³-hybridized carbons (Fsp3) is 0.375. The third-order valence-corrected chi connectivity index (χ3v) is 2.38. The molecular formula is C8H4Cl2F5N. The van der Waals surface area contributed by atoms with Gasteiger partial charge in [0.25, 0.3) is 6.43 Å². The van der Waals surface area contributed by atoms with Gasteiger partial charge in [-0.2, -0.15) is 13.2 Å². The topological polar surface area (TPSA) is 12.9 Å². The van der Waals surface area contributed by atoms with Gasteiger partial charge in [0.2, 0.25) is 0 Å². The Kier molecular flexibility index (Phi) is 3.96. The van der Waals surface area contributed by atoms with E-state index in [-0.39, 0.29) is 5.02 Å². The molecule has 0 unspecified atom stereocenters. The second-order valence-electron chi connectivity index (χ2n) is 2.78. The minimum absolute atomic E-state index is 0.383. The molecule has 1 aromatic rings. The molecule has 1 rings (SSSR count). The molecule has 0 fully saturated rings. The first kappa shape index (κ1) is 13.4. The van der Waals surface area contributed by atoms with Crippen LogP contribution < -0.4 is 0 Å². The van der Waals surface area contributed by atoms with Gasteiger partial charge >= 0.3 is 6.18 Å². The molecule has 0 atom stereocenters. The average molecular weight is 280 g/mol. The molecule has 0 N–H and O–H groups in total. The largest absolute Gasteiger partial charge is 0.418 e. The smallest absolute Gasteiger partial charge is 0.253 e. The third kappa shape index (κ3) is 2.55. The maximum absolute atomic E-state index is 12.5. The van der Waals surface area contributed by atoms with E-state index in [9.17, 15) is 22.0 Å². The number of alkyl halides is 6. The zero-order valence-corrected chi connectivity index (χ0v) is 8.97. The quantitative estimate of drug-likeness (QED) is 0.576. The van der Waals surface area contributed by atoms with E-state index in [2.05, 4.69) is 4.98 Å². The summed E-state index contributed by atoms with van der Waals surface area (Å²) in [4.78, 5) is 2.99. The van der Waals surface area contributed by atoms with Crippen molar-refractivity contribution in [1.29, 1.82) is 0 Å². The van der Waals surface area contributed by atoms with Gasteiger partial charge in [-0.3, -0.25) is 4.98 Å². The summed E-state index contributed by atoms with van der Waals surface area (Å²) in [6, 6.07) is 0. The highest BCUT2D eigenvalue weighted by Gasteiger charge is 2.40. The van der Waals surface area contributed by atoms with Gasteiger partial charge in [0, 0.05) is 17.6 Å². The summed E-state index contributed by atoms with van der Waals surface area (Å²) in [6.45, 7) is 0. The fourth-order valence-electron chi connectivity index (χ4n) is 1.16. The van der Waals surface area contributed by atoms with Gasteiger partial charge in [0.1, 0.15) is 5.69 Å². The van der Waals surface area contributed by atoms with Crippen molar-refractivity contribution in [2.24, 2.45) is 0 Å². The van der Waals surface area contributed by atoms with Crippen LogP contribution in [0.15, 0.2) is 6.20 Å². The van der Waals surface area contributed by atoms with E-state index in [0.29, 0.717) is 0 Å². The first-order chi connectivity index (χ1) is 7.29. The van der Waals surface area contributed by atoms with Crippen LogP contribution >= 0.6 is 23.2 Å². The van der Waals surface area contributed by atoms with Gasteiger partial charge < -0.3 is 0 Å². The highest BCUT2D eigenvalue weighted by molar-refractivity contribution is 6.32. The van der Waals surface area contributed by atoms with Crippen LogP contribution in [0.4, 0.5) is 22.0 Å². The van der Waals surface area contributed by atoms with E-state index in [4.69, 9.17) is 23.2 Å². The van der Waals surface area contributed by atoms with E-state index >= 15 is 0 Å². The molecule has 0 aliphatic carbocycles. The number of hydrogen-bond acceptors (Lipinski definition) is 1. The minimum atomic E-state index is -4.96. The Bertz CT molecular complexity index is 391. The Balaban J connectivity index is 3.54. The molecule has 0 amide bonds. The van der Waals surface area contributed by atoms with Crippen LogP contribution in [-0.4, -0.2) is 4.98 Å². The van der Waals surface area contributed by atoms with E-state index in [1.54, 1.807) is 0 Å². The van der Waals surface area contributed by atoms with Crippen molar-refractivity contribution in [3.05, 3.63) is 28.0 Å². The zero-order valence-electron chi connectivity index (χ0n) is 7.45. The lowest BCUT2D eigenvalue weighted by Crippen LogP contribution is -2.15. The molecule has 0 aliphatic rings. The van der Waals surface area contributed by atoms with Gasteiger partial charge in [-0.15, -0.1) is 11.6 Å². The van der Waals surface area contributed by atoms with Gasteiger partial charge in [0.05, 0.1) is 10.6 Å². The molecular weight excluding hydrogens is 276 g/mol. The van der Waals surface area contributed by atoms with Crippen molar-refractivity contribution >= 4 is 23.2 Å². The molecule has 16 heavy (non-hydrogen) atoms. The van der Waals surface area contributed by atoms with Crippen molar-refractivity contribution < 1.29 is 22.0 Å². The zero-order chi connectivity index (χ0) is 12.5. The molecule has 1 aromatic heterocycles. The molecule has 1 heterocycles. The Morgan fingerprint density at radius 3 is 2.25 bits per heavy atom. The fourth-order valence-corrected chi connectivity index (χ4v) is 1.71. The molecule has 0 aliphatic heterocycles. The first-order valence-electron chi connectivity index (χ1n) is 3.87. The van der Waals surface area contributed by atoms with Crippen LogP contribution in [0, 0.1) is 0 Å². The van der Waals surface area contributed by atoms with Crippen molar-refractivity contribution in [1.82, 2.24) is 4.98 Å². The first-order valence-corrected chi connectivity index (χ1v) is 4.78. The van der Waals surface area contributed by atoms with Gasteiger partial charge in [0.15, 0.2) is 0 Å². The summed E-state index contributed by atoms with van der Waals surface area (Å²) in [5.41, 5.74) is -3.49. The van der Waals surface area contributed by atoms with Crippen LogP contribution in [0.1, 0.15) is 23.2 Å². The number of rotatable bonds is 2. The SMILES string of the molecule is FC(F)c1ncc(Cl)c(CCl)c1C(F)(F)F. The predicted octanol–water partition coefficient (Wildman–Crippen LogP) is 4.43. The Morgan fingerprint density at radius 1 is 1.31 bits per heavy atom. The summed E-state index contributed by atoms with van der Waals surface area (Å²) >= 11 is 10.7. The van der Waals surface area contributed by atoms with Crippen LogP contribution in [0.25, 0.3) is 0 Å². The van der Waals surface area contributed by atoms with Crippen molar-refractivity contribution in [2.45, 2.75) is 18.5 Å². The second-order valence-corrected chi connectivity index (χ2v) is 3.45. The number of halogens is 7. The number of nitrogens with zero attached hydrogens (tertiary/aromatic N) is 1. The van der Waals surface area contributed by atoms with E-state index < -0.39 is 35.3 Å². The molecule has 0 saturated heterocycles. The molecule has 0 radical (unpaired) electrons. The lowest BCUT2D eigenvalue weighted by molar-refractivity contribution is -0.140. The molecule has 8 heteroatoms. The van der Waals surface area contributed by atoms with Gasteiger partial charge in [-0.05, 0) is 0 Å². The molecule has 90 valence electrons. The van der Waals surface area contributed by atoms with Crippen molar-refractivity contribution in [3.63, 3.8) is 0 Å². The molecule has 0 saturated carbocycles. The number of pyridine rings is 1. The summed E-state index contributed by atoms with van der Waals surface area (Å²) in [5.74, 6) is -0.615. The monoisotopic (exact) mass is 279 g/mol. The molecule has 0 bridgehead atoms. The van der Waals surface area contributed by atoms with Crippen molar-refractivity contribution in [3.8, 4) is 0 Å². The number of hydrogen-bond donors (Lipinski definition) is 0. The molecule has 0 aromatic carbocycles. The van der Waals surface area contributed by atoms with Crippen LogP contribution in [0.2, 0.25) is 5.02 Å². The maximum atomic E-state index is 12.5. The lowest BCUT2D eigenvalue weighted by atomic mass is 10.1. The standard InChI is InChI=1S/C8H4Cl2F5N/c9-1-3-4(10)2-16-6(7(11)12)5(3)8(13,14)15/h2,7H,1H2. The lowest BCUT2D eigenvalue weighted by Gasteiger charge is -2.15. The Labute approximate surface area is 97.2 Å². The highest BCUT2D eigenvalue weighted by Crippen LogP contribution is 2.40. The molecule has 0 spiro atoms. The summed E-state index contributed by atoms with van der Waals surface area (Å²) in [7, 11) is 0. The minimum Gasteiger partial charge on any atom is -0.253 e. The number of aromatic nitrogens is 1. The van der Waals surface area contributed by atoms with Gasteiger partial charge in [-0.25, -0.2) is 8.78 Å². The van der Waals surface area contributed by atoms with Crippen molar-refractivity contribution in [2.75, 3.05) is 0 Å². The highest BCUT2D eigenvalue weighted by atomic mass is 35.5. The van der Waals surface area contributed by atoms with Gasteiger partial charge in [-0.1, -0.05) is 11.6 Å². The predicted molar refractivity (Wildman–Crippen MR) is 48.8 cm³/mol. The summed E-state index contributed by atoms with van der Waals surface area (Å²) < 4.78 is 62.4. The summed E-state index contributed by atoms with van der Waals surface area (Å²) in [6.07, 6.45) is -7.57. The van der Waals surface area contributed by atoms with E-state index in [1.807, 2.05) is 0 Å². The van der Waals surface area contributed by atoms with Crippen LogP contribution in [-0.2, 0) is 12.1 Å². The van der Waals surface area contributed by atoms with E-state index in [0.717, 1.165) is 6.20 Å². The Morgan fingerprint density at radius 2 is 1.88 bits per heavy atom. The van der Waals surface area contributed by atoms with E-state index in [1.165, 1.54) is 0 Å². The van der Waals surface area contributed by atoms with Crippen LogP contribution in [0.5, 0.6) is 0 Å². The normalized spacial score (nSPS) is 12.2. The maximum Gasteiger partial charge on any atom is 0.418 e. The molecule has 1 nitrogen and oxygen atoms in total. The van der Waals surface area contributed by atoms with Crippen LogP contribution in [0.3, 0.4) is 0 Å². The summed E-state index contributed by atoms with van der Waals surface area (Å²) in [5, 5.41) is -0.383. The Hall–Kier alpha value is -0.620. The average Bonchev–Trinajstić information content (AvgIpc) is 2.15. The third-order valence-electron chi connectivity index (χ3n) is 1.79. The second kappa shape index (κ2) is 4.71.